The minimum Gasteiger partial charge on any atom is -0.478 e. The monoisotopic (exact) mass is 537 g/mol. The molecular weight excluding hydrogens is 509 g/mol. The van der Waals surface area contributed by atoms with Gasteiger partial charge in [-0.25, -0.2) is 4.79 Å². The van der Waals surface area contributed by atoms with E-state index in [4.69, 9.17) is 23.2 Å². The van der Waals surface area contributed by atoms with Crippen molar-refractivity contribution in [2.45, 2.75) is 59.3 Å². The fraction of sp³-hybridized carbons (Fsp3) is 0.367. The van der Waals surface area contributed by atoms with Gasteiger partial charge in [-0.2, -0.15) is 0 Å². The molecule has 5 rings (SSSR count). The highest BCUT2D eigenvalue weighted by Crippen LogP contribution is 2.56. The van der Waals surface area contributed by atoms with Crippen LogP contribution in [0.15, 0.2) is 65.0 Å². The lowest BCUT2D eigenvalue weighted by molar-refractivity contribution is -0.119. The molecule has 1 heterocycles. The molecule has 3 aliphatic rings. The normalized spacial score (nSPS) is 21.2. The number of benzene rings is 2. The highest BCUT2D eigenvalue weighted by atomic mass is 35.5. The number of carboxylic acids is 1. The third kappa shape index (κ3) is 4.42. The van der Waals surface area contributed by atoms with E-state index in [1.54, 1.807) is 18.2 Å². The van der Waals surface area contributed by atoms with Gasteiger partial charge in [0.15, 0.2) is 11.6 Å². The number of anilines is 1. The summed E-state index contributed by atoms with van der Waals surface area (Å²) in [5, 5.41) is 10.2. The van der Waals surface area contributed by atoms with Crippen molar-refractivity contribution in [1.82, 2.24) is 0 Å². The Labute approximate surface area is 226 Å². The predicted molar refractivity (Wildman–Crippen MR) is 145 cm³/mol. The van der Waals surface area contributed by atoms with Gasteiger partial charge in [-0.05, 0) is 53.5 Å². The molecular formula is C30H29Cl2NO4. The lowest BCUT2D eigenvalue weighted by Gasteiger charge is -2.49. The van der Waals surface area contributed by atoms with Crippen molar-refractivity contribution in [2.24, 2.45) is 10.8 Å². The van der Waals surface area contributed by atoms with Gasteiger partial charge in [-0.3, -0.25) is 9.59 Å². The van der Waals surface area contributed by atoms with Gasteiger partial charge < -0.3 is 10.0 Å². The summed E-state index contributed by atoms with van der Waals surface area (Å²) < 4.78 is 0. The van der Waals surface area contributed by atoms with E-state index in [1.165, 1.54) is 12.1 Å². The molecule has 1 aliphatic heterocycles. The summed E-state index contributed by atoms with van der Waals surface area (Å²) in [7, 11) is 0. The summed E-state index contributed by atoms with van der Waals surface area (Å²) in [6.45, 7) is 8.29. The first-order valence-electron chi connectivity index (χ1n) is 12.4. The van der Waals surface area contributed by atoms with Gasteiger partial charge >= 0.3 is 5.97 Å². The zero-order valence-electron chi connectivity index (χ0n) is 21.3. The van der Waals surface area contributed by atoms with Crippen LogP contribution in [0.2, 0.25) is 10.0 Å². The molecule has 0 atom stereocenters. The Hall–Kier alpha value is -2.89. The molecule has 0 saturated heterocycles. The number of ketones is 2. The molecule has 7 heteroatoms. The largest absolute Gasteiger partial charge is 0.478 e. The van der Waals surface area contributed by atoms with Crippen LogP contribution in [0.5, 0.6) is 0 Å². The molecule has 0 aromatic heterocycles. The van der Waals surface area contributed by atoms with Crippen LogP contribution in [0.1, 0.15) is 75.2 Å². The number of hydrogen-bond acceptors (Lipinski definition) is 4. The maximum Gasteiger partial charge on any atom is 0.335 e. The van der Waals surface area contributed by atoms with Gasteiger partial charge in [0.05, 0.1) is 21.3 Å². The van der Waals surface area contributed by atoms with Crippen molar-refractivity contribution >= 4 is 46.4 Å². The minimum atomic E-state index is -1.03. The number of carboxylic acid groups (broad SMARTS) is 1. The lowest BCUT2D eigenvalue weighted by atomic mass is 9.63. The molecule has 0 radical (unpaired) electrons. The van der Waals surface area contributed by atoms with Crippen LogP contribution >= 0.6 is 23.2 Å². The van der Waals surface area contributed by atoms with Crippen LogP contribution in [0.25, 0.3) is 0 Å². The fourth-order valence-electron chi connectivity index (χ4n) is 6.07. The van der Waals surface area contributed by atoms with Crippen LogP contribution in [0, 0.1) is 10.8 Å². The van der Waals surface area contributed by atoms with Crippen LogP contribution < -0.4 is 4.90 Å². The van der Waals surface area contributed by atoms with Crippen molar-refractivity contribution < 1.29 is 19.5 Å². The van der Waals surface area contributed by atoms with Crippen LogP contribution in [0.4, 0.5) is 5.69 Å². The molecule has 192 valence electrons. The zero-order chi connectivity index (χ0) is 26.9. The average molecular weight is 538 g/mol. The summed E-state index contributed by atoms with van der Waals surface area (Å²) in [4.78, 5) is 41.3. The second-order valence-electron chi connectivity index (χ2n) is 11.9. The number of carbonyl (C=O) groups is 3. The third-order valence-electron chi connectivity index (χ3n) is 7.57. The van der Waals surface area contributed by atoms with Crippen LogP contribution in [-0.4, -0.2) is 22.6 Å². The van der Waals surface area contributed by atoms with E-state index in [0.717, 1.165) is 17.0 Å². The second-order valence-corrected chi connectivity index (χ2v) is 12.7. The molecule has 5 nitrogen and oxygen atoms in total. The summed E-state index contributed by atoms with van der Waals surface area (Å²) in [5.74, 6) is -1.60. The SMILES string of the molecule is CC1(C)CC(=O)C2=C(C1)N(c1cccc(Cl)c1Cl)C1=C(C(=O)CC(C)(C)C1)C2c1ccc(C(=O)O)cc1. The molecule has 2 aromatic carbocycles. The summed E-state index contributed by atoms with van der Waals surface area (Å²) >= 11 is 13.2. The standard InChI is InChI=1S/C30H29Cl2NO4/c1-29(2)12-20-25(22(34)14-29)24(16-8-10-17(11-9-16)28(36)37)26-21(13-30(3,4)15-23(26)35)33(20)19-7-5-6-18(31)27(19)32/h5-11,24H,12-15H2,1-4H3,(H,36,37). The Morgan fingerprint density at radius 2 is 1.35 bits per heavy atom. The van der Waals surface area contributed by atoms with E-state index >= 15 is 0 Å². The highest BCUT2D eigenvalue weighted by molar-refractivity contribution is 6.43. The van der Waals surface area contributed by atoms with E-state index in [0.29, 0.717) is 52.6 Å². The number of allylic oxidation sites excluding steroid dienone is 4. The highest BCUT2D eigenvalue weighted by Gasteiger charge is 2.49. The first-order chi connectivity index (χ1) is 17.3. The molecule has 0 spiro atoms. The maximum absolute atomic E-state index is 13.9. The third-order valence-corrected chi connectivity index (χ3v) is 8.38. The summed E-state index contributed by atoms with van der Waals surface area (Å²) in [6, 6.07) is 12.0. The van der Waals surface area contributed by atoms with Crippen LogP contribution in [0.3, 0.4) is 0 Å². The number of nitrogens with zero attached hydrogens (tertiary/aromatic N) is 1. The number of Topliss-reactive ketones (excluding diaryl/α,β-unsaturated/α-hetero) is 2. The van der Waals surface area contributed by atoms with E-state index in [1.807, 2.05) is 17.0 Å². The van der Waals surface area contributed by atoms with E-state index in [-0.39, 0.29) is 28.0 Å². The molecule has 37 heavy (non-hydrogen) atoms. The van der Waals surface area contributed by atoms with Crippen molar-refractivity contribution in [3.05, 3.63) is 86.2 Å². The maximum atomic E-state index is 13.9. The molecule has 0 amide bonds. The van der Waals surface area contributed by atoms with Gasteiger partial charge in [-0.15, -0.1) is 0 Å². The first-order valence-corrected chi connectivity index (χ1v) is 13.2. The number of aromatic carboxylic acids is 1. The predicted octanol–water partition coefficient (Wildman–Crippen LogP) is 7.58. The van der Waals surface area contributed by atoms with Crippen molar-refractivity contribution in [3.8, 4) is 0 Å². The Bertz CT molecular complexity index is 1360. The van der Waals surface area contributed by atoms with Gasteiger partial charge in [0.25, 0.3) is 0 Å². The topological polar surface area (TPSA) is 74.7 Å². The number of rotatable bonds is 3. The summed E-state index contributed by atoms with van der Waals surface area (Å²) in [6.07, 6.45) is 1.95. The Balaban J connectivity index is 1.84. The molecule has 0 bridgehead atoms. The smallest absolute Gasteiger partial charge is 0.335 e. The molecule has 1 N–H and O–H groups in total. The minimum absolute atomic E-state index is 0.00843. The lowest BCUT2D eigenvalue weighted by Crippen LogP contribution is -2.44. The van der Waals surface area contributed by atoms with E-state index in [9.17, 15) is 19.5 Å². The van der Waals surface area contributed by atoms with Gasteiger partial charge in [0, 0.05) is 41.3 Å². The Kier molecular flexibility index (Phi) is 6.16. The average Bonchev–Trinajstić information content (AvgIpc) is 2.78. The molecule has 0 unspecified atom stereocenters. The van der Waals surface area contributed by atoms with Gasteiger partial charge in [0.1, 0.15) is 0 Å². The van der Waals surface area contributed by atoms with Crippen molar-refractivity contribution in [1.29, 1.82) is 0 Å². The fourth-order valence-corrected chi connectivity index (χ4v) is 6.45. The Morgan fingerprint density at radius 3 is 1.84 bits per heavy atom. The van der Waals surface area contributed by atoms with Gasteiger partial charge in [-0.1, -0.05) is 69.1 Å². The van der Waals surface area contributed by atoms with Gasteiger partial charge in [0.2, 0.25) is 0 Å². The Morgan fingerprint density at radius 1 is 0.838 bits per heavy atom. The number of hydrogen-bond donors (Lipinski definition) is 1. The zero-order valence-corrected chi connectivity index (χ0v) is 22.8. The van der Waals surface area contributed by atoms with Crippen molar-refractivity contribution in [3.63, 3.8) is 0 Å². The number of carbonyl (C=O) groups excluding carboxylic acids is 2. The molecule has 2 aromatic rings. The molecule has 2 aliphatic carbocycles. The van der Waals surface area contributed by atoms with E-state index < -0.39 is 11.9 Å². The quantitative estimate of drug-likeness (QED) is 0.436. The van der Waals surface area contributed by atoms with Crippen molar-refractivity contribution in [2.75, 3.05) is 4.90 Å². The van der Waals surface area contributed by atoms with Crippen LogP contribution in [-0.2, 0) is 9.59 Å². The first kappa shape index (κ1) is 25.7. The van der Waals surface area contributed by atoms with E-state index in [2.05, 4.69) is 27.7 Å². The number of halogens is 2. The molecule has 0 saturated carbocycles. The second kappa shape index (κ2) is 8.85. The molecule has 0 fully saturated rings. The summed E-state index contributed by atoms with van der Waals surface area (Å²) in [5.41, 5.74) is 3.82.